The molecule has 0 atom stereocenters. The number of anilines is 1. The highest BCUT2D eigenvalue weighted by Gasteiger charge is 2.05. The maximum absolute atomic E-state index is 12.0. The summed E-state index contributed by atoms with van der Waals surface area (Å²) >= 11 is 1.44. The van der Waals surface area contributed by atoms with E-state index in [1.165, 1.54) is 11.8 Å². The highest BCUT2D eigenvalue weighted by atomic mass is 32.2. The average molecular weight is 351 g/mol. The summed E-state index contributed by atoms with van der Waals surface area (Å²) in [7, 11) is 0. The van der Waals surface area contributed by atoms with Gasteiger partial charge in [0.2, 0.25) is 0 Å². The average Bonchev–Trinajstić information content (AvgIpc) is 2.64. The van der Waals surface area contributed by atoms with E-state index < -0.39 is 0 Å². The fourth-order valence-electron chi connectivity index (χ4n) is 2.08. The molecule has 3 aromatic heterocycles. The second-order valence-electron chi connectivity index (χ2n) is 5.10. The maximum atomic E-state index is 12.0. The van der Waals surface area contributed by atoms with Crippen LogP contribution in [0.3, 0.4) is 0 Å². The Labute approximate surface area is 150 Å². The number of aromatic nitrogens is 3. The fraction of sp³-hybridized carbons (Fsp3) is 0.111. The number of hydrogen-bond donors (Lipinski definition) is 2. The largest absolute Gasteiger partial charge is 0.337 e. The molecule has 3 rings (SSSR count). The van der Waals surface area contributed by atoms with E-state index in [0.29, 0.717) is 18.7 Å². The molecular weight excluding hydrogens is 334 g/mol. The van der Waals surface area contributed by atoms with Crippen molar-refractivity contribution >= 4 is 23.5 Å². The van der Waals surface area contributed by atoms with Crippen LogP contribution < -0.4 is 10.6 Å². The van der Waals surface area contributed by atoms with Crippen molar-refractivity contribution in [2.24, 2.45) is 0 Å². The van der Waals surface area contributed by atoms with E-state index in [1.54, 1.807) is 24.7 Å². The number of urea groups is 1. The van der Waals surface area contributed by atoms with E-state index in [0.717, 1.165) is 15.7 Å². The van der Waals surface area contributed by atoms with Gasteiger partial charge in [-0.2, -0.15) is 0 Å². The Balaban J connectivity index is 1.50. The standard InChI is InChI=1S/C18H17N5OS/c24-18(22-12-7-14-5-1-3-9-19-14)23-15-8-11-21-17(13-15)25-16-6-2-4-10-20-16/h1-6,8-11,13H,7,12H2,(H2,21,22,23,24). The summed E-state index contributed by atoms with van der Waals surface area (Å²) in [4.78, 5) is 24.8. The third kappa shape index (κ3) is 5.58. The van der Waals surface area contributed by atoms with Gasteiger partial charge in [0.1, 0.15) is 10.1 Å². The quantitative estimate of drug-likeness (QED) is 0.712. The highest BCUT2D eigenvalue weighted by molar-refractivity contribution is 7.99. The molecule has 0 aliphatic rings. The van der Waals surface area contributed by atoms with Crippen LogP contribution in [0.1, 0.15) is 5.69 Å². The molecule has 0 spiro atoms. The predicted molar refractivity (Wildman–Crippen MR) is 97.6 cm³/mol. The van der Waals surface area contributed by atoms with Crippen LogP contribution in [0.25, 0.3) is 0 Å². The number of carbonyl (C=O) groups excluding carboxylic acids is 1. The first-order valence-corrected chi connectivity index (χ1v) is 8.61. The van der Waals surface area contributed by atoms with Gasteiger partial charge in [0, 0.05) is 42.9 Å². The van der Waals surface area contributed by atoms with Gasteiger partial charge in [0.25, 0.3) is 0 Å². The van der Waals surface area contributed by atoms with E-state index in [-0.39, 0.29) is 6.03 Å². The third-order valence-electron chi connectivity index (χ3n) is 3.23. The molecule has 6 nitrogen and oxygen atoms in total. The number of hydrogen-bond acceptors (Lipinski definition) is 5. The van der Waals surface area contributed by atoms with Crippen LogP contribution in [-0.4, -0.2) is 27.5 Å². The number of nitrogens with one attached hydrogen (secondary N) is 2. The van der Waals surface area contributed by atoms with Gasteiger partial charge in [-0.15, -0.1) is 0 Å². The smallest absolute Gasteiger partial charge is 0.319 e. The van der Waals surface area contributed by atoms with Crippen molar-refractivity contribution in [3.05, 3.63) is 72.8 Å². The summed E-state index contributed by atoms with van der Waals surface area (Å²) in [5, 5.41) is 7.25. The van der Waals surface area contributed by atoms with Crippen LogP contribution in [0, 0.1) is 0 Å². The summed E-state index contributed by atoms with van der Waals surface area (Å²) in [6.45, 7) is 0.517. The molecule has 2 N–H and O–H groups in total. The van der Waals surface area contributed by atoms with Crippen LogP contribution in [0.4, 0.5) is 10.5 Å². The van der Waals surface area contributed by atoms with Crippen molar-refractivity contribution in [3.63, 3.8) is 0 Å². The molecule has 7 heteroatoms. The van der Waals surface area contributed by atoms with Crippen LogP contribution in [0.2, 0.25) is 0 Å². The lowest BCUT2D eigenvalue weighted by Crippen LogP contribution is -2.30. The van der Waals surface area contributed by atoms with Crippen LogP contribution in [0.5, 0.6) is 0 Å². The number of carbonyl (C=O) groups is 1. The molecule has 0 saturated heterocycles. The molecule has 0 saturated carbocycles. The van der Waals surface area contributed by atoms with Gasteiger partial charge in [-0.05, 0) is 36.4 Å². The first-order chi connectivity index (χ1) is 12.3. The van der Waals surface area contributed by atoms with Crippen LogP contribution >= 0.6 is 11.8 Å². The summed E-state index contributed by atoms with van der Waals surface area (Å²) in [5.41, 5.74) is 1.63. The Bertz CT molecular complexity index is 814. The molecule has 0 fully saturated rings. The lowest BCUT2D eigenvalue weighted by molar-refractivity contribution is 0.252. The zero-order valence-corrected chi connectivity index (χ0v) is 14.2. The molecule has 3 aromatic rings. The van der Waals surface area contributed by atoms with E-state index in [9.17, 15) is 4.79 Å². The number of pyridine rings is 3. The Morgan fingerprint density at radius 2 is 1.72 bits per heavy atom. The molecule has 0 aliphatic heterocycles. The predicted octanol–water partition coefficient (Wildman–Crippen LogP) is 3.39. The summed E-state index contributed by atoms with van der Waals surface area (Å²) < 4.78 is 0. The first-order valence-electron chi connectivity index (χ1n) is 7.79. The zero-order valence-electron chi connectivity index (χ0n) is 13.4. The maximum Gasteiger partial charge on any atom is 0.319 e. The van der Waals surface area contributed by atoms with E-state index >= 15 is 0 Å². The molecule has 25 heavy (non-hydrogen) atoms. The molecule has 0 radical (unpaired) electrons. The number of nitrogens with zero attached hydrogens (tertiary/aromatic N) is 3. The topological polar surface area (TPSA) is 79.8 Å². The first kappa shape index (κ1) is 16.9. The van der Waals surface area contributed by atoms with E-state index in [1.807, 2.05) is 42.5 Å². The van der Waals surface area contributed by atoms with Crippen molar-refractivity contribution in [2.75, 3.05) is 11.9 Å². The van der Waals surface area contributed by atoms with Crippen molar-refractivity contribution < 1.29 is 4.79 Å². The Kier molecular flexibility index (Phi) is 5.95. The summed E-state index contributed by atoms with van der Waals surface area (Å²) in [6.07, 6.45) is 5.83. The molecule has 126 valence electrons. The van der Waals surface area contributed by atoms with Gasteiger partial charge >= 0.3 is 6.03 Å². The lowest BCUT2D eigenvalue weighted by atomic mass is 10.3. The number of rotatable bonds is 6. The molecule has 3 heterocycles. The van der Waals surface area contributed by atoms with Crippen LogP contribution in [-0.2, 0) is 6.42 Å². The van der Waals surface area contributed by atoms with E-state index in [2.05, 4.69) is 25.6 Å². The Morgan fingerprint density at radius 3 is 2.48 bits per heavy atom. The normalized spacial score (nSPS) is 10.2. The molecule has 2 amide bonds. The van der Waals surface area contributed by atoms with Gasteiger partial charge in [0.15, 0.2) is 0 Å². The summed E-state index contributed by atoms with van der Waals surface area (Å²) in [6, 6.07) is 14.8. The molecule has 0 aliphatic carbocycles. The molecule has 0 unspecified atom stereocenters. The minimum Gasteiger partial charge on any atom is -0.337 e. The molecular formula is C18H17N5OS. The van der Waals surface area contributed by atoms with Gasteiger partial charge in [-0.1, -0.05) is 23.9 Å². The van der Waals surface area contributed by atoms with Gasteiger partial charge in [-0.3, -0.25) is 4.98 Å². The van der Waals surface area contributed by atoms with E-state index in [4.69, 9.17) is 0 Å². The van der Waals surface area contributed by atoms with Crippen molar-refractivity contribution in [3.8, 4) is 0 Å². The minimum atomic E-state index is -0.254. The van der Waals surface area contributed by atoms with Crippen molar-refractivity contribution in [1.82, 2.24) is 20.3 Å². The van der Waals surface area contributed by atoms with Crippen molar-refractivity contribution in [2.45, 2.75) is 16.5 Å². The lowest BCUT2D eigenvalue weighted by Gasteiger charge is -2.08. The van der Waals surface area contributed by atoms with Gasteiger partial charge in [-0.25, -0.2) is 14.8 Å². The van der Waals surface area contributed by atoms with Gasteiger partial charge in [0.05, 0.1) is 0 Å². The number of amides is 2. The minimum absolute atomic E-state index is 0.254. The monoisotopic (exact) mass is 351 g/mol. The van der Waals surface area contributed by atoms with Crippen molar-refractivity contribution in [1.29, 1.82) is 0 Å². The second-order valence-corrected chi connectivity index (χ2v) is 6.15. The molecule has 0 bridgehead atoms. The van der Waals surface area contributed by atoms with Gasteiger partial charge < -0.3 is 10.6 Å². The fourth-order valence-corrected chi connectivity index (χ4v) is 2.86. The SMILES string of the molecule is O=C(NCCc1ccccn1)Nc1ccnc(Sc2ccccn2)c1. The molecule has 0 aromatic carbocycles. The second kappa shape index (κ2) is 8.79. The Hall–Kier alpha value is -2.93. The third-order valence-corrected chi connectivity index (χ3v) is 4.12. The highest BCUT2D eigenvalue weighted by Crippen LogP contribution is 2.25. The zero-order chi connectivity index (χ0) is 17.3. The summed E-state index contributed by atoms with van der Waals surface area (Å²) in [5.74, 6) is 0. The van der Waals surface area contributed by atoms with Crippen LogP contribution in [0.15, 0.2) is 77.2 Å². The Morgan fingerprint density at radius 1 is 0.920 bits per heavy atom.